The number of hydrogen-bond donors (Lipinski definition) is 0. The Morgan fingerprint density at radius 2 is 2.36 bits per heavy atom. The SMILES string of the molecule is CCC1OCCC1C(=O)C1CCCS1. The van der Waals surface area contributed by atoms with Crippen molar-refractivity contribution in [3.8, 4) is 0 Å². The third kappa shape index (κ3) is 1.98. The molecule has 3 heteroatoms. The predicted molar refractivity (Wildman–Crippen MR) is 58.6 cm³/mol. The normalized spacial score (nSPS) is 37.6. The van der Waals surface area contributed by atoms with Crippen LogP contribution >= 0.6 is 11.8 Å². The first-order valence-corrected chi connectivity index (χ1v) is 6.64. The highest BCUT2D eigenvalue weighted by Gasteiger charge is 2.37. The monoisotopic (exact) mass is 214 g/mol. The van der Waals surface area contributed by atoms with Crippen molar-refractivity contribution < 1.29 is 9.53 Å². The Morgan fingerprint density at radius 1 is 1.50 bits per heavy atom. The minimum Gasteiger partial charge on any atom is -0.377 e. The lowest BCUT2D eigenvalue weighted by Gasteiger charge is -2.18. The van der Waals surface area contributed by atoms with Crippen LogP contribution in [0.15, 0.2) is 0 Å². The molecule has 0 bridgehead atoms. The van der Waals surface area contributed by atoms with E-state index in [2.05, 4.69) is 6.92 Å². The summed E-state index contributed by atoms with van der Waals surface area (Å²) in [5, 5.41) is 0.288. The molecule has 0 saturated carbocycles. The minimum atomic E-state index is 0.204. The van der Waals surface area contributed by atoms with E-state index in [-0.39, 0.29) is 17.3 Å². The number of thioether (sulfide) groups is 1. The highest BCUT2D eigenvalue weighted by atomic mass is 32.2. The summed E-state index contributed by atoms with van der Waals surface area (Å²) in [5.41, 5.74) is 0. The van der Waals surface area contributed by atoms with Gasteiger partial charge in [-0.25, -0.2) is 0 Å². The van der Waals surface area contributed by atoms with Crippen molar-refractivity contribution >= 4 is 17.5 Å². The first-order valence-electron chi connectivity index (χ1n) is 5.60. The number of ether oxygens (including phenoxy) is 1. The van der Waals surface area contributed by atoms with Crippen LogP contribution in [-0.4, -0.2) is 29.5 Å². The third-order valence-electron chi connectivity index (χ3n) is 3.22. The molecule has 2 aliphatic heterocycles. The summed E-state index contributed by atoms with van der Waals surface area (Å²) in [4.78, 5) is 12.1. The molecule has 3 unspecified atom stereocenters. The van der Waals surface area contributed by atoms with Crippen LogP contribution < -0.4 is 0 Å². The Labute approximate surface area is 89.8 Å². The van der Waals surface area contributed by atoms with E-state index >= 15 is 0 Å². The Hall–Kier alpha value is -0.0200. The molecule has 2 heterocycles. The van der Waals surface area contributed by atoms with Gasteiger partial charge in [0.25, 0.3) is 0 Å². The van der Waals surface area contributed by atoms with Crippen LogP contribution in [0, 0.1) is 5.92 Å². The molecular weight excluding hydrogens is 196 g/mol. The van der Waals surface area contributed by atoms with E-state index in [9.17, 15) is 4.79 Å². The van der Waals surface area contributed by atoms with Gasteiger partial charge < -0.3 is 4.74 Å². The maximum absolute atomic E-state index is 12.1. The van der Waals surface area contributed by atoms with E-state index in [1.165, 1.54) is 12.2 Å². The van der Waals surface area contributed by atoms with Gasteiger partial charge in [-0.05, 0) is 31.4 Å². The summed E-state index contributed by atoms with van der Waals surface area (Å²) in [6.07, 6.45) is 4.45. The van der Waals surface area contributed by atoms with Crippen LogP contribution in [-0.2, 0) is 9.53 Å². The second-order valence-corrected chi connectivity index (χ2v) is 5.43. The summed E-state index contributed by atoms with van der Waals surface area (Å²) in [7, 11) is 0. The molecule has 2 saturated heterocycles. The molecule has 0 aromatic carbocycles. The van der Waals surface area contributed by atoms with Crippen molar-refractivity contribution in [2.45, 2.75) is 44.0 Å². The molecule has 14 heavy (non-hydrogen) atoms. The minimum absolute atomic E-state index is 0.204. The summed E-state index contributed by atoms with van der Waals surface area (Å²) < 4.78 is 5.57. The zero-order chi connectivity index (χ0) is 9.97. The van der Waals surface area contributed by atoms with Crippen LogP contribution in [0.2, 0.25) is 0 Å². The second kappa shape index (κ2) is 4.67. The van der Waals surface area contributed by atoms with E-state index < -0.39 is 0 Å². The van der Waals surface area contributed by atoms with Crippen molar-refractivity contribution in [1.82, 2.24) is 0 Å². The molecule has 2 nitrogen and oxygen atoms in total. The summed E-state index contributed by atoms with van der Waals surface area (Å²) >= 11 is 1.84. The molecule has 80 valence electrons. The number of carbonyl (C=O) groups excluding carboxylic acids is 1. The fourth-order valence-corrected chi connectivity index (χ4v) is 3.71. The van der Waals surface area contributed by atoms with Crippen molar-refractivity contribution in [3.63, 3.8) is 0 Å². The molecule has 0 aliphatic carbocycles. The maximum Gasteiger partial charge on any atom is 0.151 e. The Balaban J connectivity index is 1.95. The molecule has 2 fully saturated rings. The molecule has 3 atom stereocenters. The van der Waals surface area contributed by atoms with Crippen molar-refractivity contribution in [1.29, 1.82) is 0 Å². The van der Waals surface area contributed by atoms with E-state index in [1.54, 1.807) is 0 Å². The van der Waals surface area contributed by atoms with Crippen LogP contribution in [0.3, 0.4) is 0 Å². The van der Waals surface area contributed by atoms with Crippen LogP contribution in [0.1, 0.15) is 32.6 Å². The van der Waals surface area contributed by atoms with Gasteiger partial charge in [-0.3, -0.25) is 4.79 Å². The number of ketones is 1. The lowest BCUT2D eigenvalue weighted by molar-refractivity contribution is -0.124. The van der Waals surface area contributed by atoms with Gasteiger partial charge in [-0.15, -0.1) is 0 Å². The smallest absolute Gasteiger partial charge is 0.151 e. The van der Waals surface area contributed by atoms with Gasteiger partial charge >= 0.3 is 0 Å². The van der Waals surface area contributed by atoms with E-state index in [4.69, 9.17) is 4.74 Å². The fraction of sp³-hybridized carbons (Fsp3) is 0.909. The first kappa shape index (κ1) is 10.5. The Morgan fingerprint density at radius 3 is 3.00 bits per heavy atom. The highest BCUT2D eigenvalue weighted by Crippen LogP contribution is 2.33. The van der Waals surface area contributed by atoms with Crippen LogP contribution in [0.5, 0.6) is 0 Å². The summed E-state index contributed by atoms with van der Waals surface area (Å²) in [6, 6.07) is 0. The average Bonchev–Trinajstić information content (AvgIpc) is 2.87. The van der Waals surface area contributed by atoms with Gasteiger partial charge in [-0.1, -0.05) is 6.92 Å². The van der Waals surface area contributed by atoms with E-state index in [1.807, 2.05) is 11.8 Å². The van der Waals surface area contributed by atoms with Gasteiger partial charge in [0, 0.05) is 12.5 Å². The lowest BCUT2D eigenvalue weighted by atomic mass is 9.92. The first-order chi connectivity index (χ1) is 6.83. The average molecular weight is 214 g/mol. The van der Waals surface area contributed by atoms with Gasteiger partial charge in [0.1, 0.15) is 0 Å². The maximum atomic E-state index is 12.1. The topological polar surface area (TPSA) is 26.3 Å². The quantitative estimate of drug-likeness (QED) is 0.721. The van der Waals surface area contributed by atoms with Gasteiger partial charge in [0.15, 0.2) is 5.78 Å². The Kier molecular flexibility index (Phi) is 3.50. The molecule has 0 amide bonds. The fourth-order valence-electron chi connectivity index (χ4n) is 2.42. The van der Waals surface area contributed by atoms with Crippen molar-refractivity contribution in [2.75, 3.05) is 12.4 Å². The molecule has 0 radical (unpaired) electrons. The van der Waals surface area contributed by atoms with Crippen LogP contribution in [0.4, 0.5) is 0 Å². The number of rotatable bonds is 3. The van der Waals surface area contributed by atoms with E-state index in [0.29, 0.717) is 5.78 Å². The van der Waals surface area contributed by atoms with Crippen molar-refractivity contribution in [3.05, 3.63) is 0 Å². The zero-order valence-corrected chi connectivity index (χ0v) is 9.52. The molecule has 0 aromatic heterocycles. The van der Waals surface area contributed by atoms with E-state index in [0.717, 1.165) is 25.9 Å². The van der Waals surface area contributed by atoms with Crippen molar-refractivity contribution in [2.24, 2.45) is 5.92 Å². The molecule has 2 aliphatic rings. The summed E-state index contributed by atoms with van der Waals surface area (Å²) in [6.45, 7) is 2.89. The predicted octanol–water partition coefficient (Wildman–Crippen LogP) is 2.27. The molecule has 2 rings (SSSR count). The second-order valence-electron chi connectivity index (χ2n) is 4.12. The molecular formula is C11H18O2S. The molecule has 0 spiro atoms. The number of hydrogen-bond acceptors (Lipinski definition) is 3. The number of carbonyl (C=O) groups is 1. The lowest BCUT2D eigenvalue weighted by Crippen LogP contribution is -2.30. The molecule has 0 N–H and O–H groups in total. The summed E-state index contributed by atoms with van der Waals surface area (Å²) in [5.74, 6) is 1.84. The van der Waals surface area contributed by atoms with Gasteiger partial charge in [-0.2, -0.15) is 11.8 Å². The largest absolute Gasteiger partial charge is 0.377 e. The van der Waals surface area contributed by atoms with Gasteiger partial charge in [0.05, 0.1) is 11.4 Å². The molecule has 0 aromatic rings. The van der Waals surface area contributed by atoms with Gasteiger partial charge in [0.2, 0.25) is 0 Å². The highest BCUT2D eigenvalue weighted by molar-refractivity contribution is 8.00. The zero-order valence-electron chi connectivity index (χ0n) is 8.70. The van der Waals surface area contributed by atoms with Crippen LogP contribution in [0.25, 0.3) is 0 Å². The number of Topliss-reactive ketones (excluding diaryl/α,β-unsaturated/α-hetero) is 1. The standard InChI is InChI=1S/C11H18O2S/c1-2-9-8(5-6-13-9)11(12)10-4-3-7-14-10/h8-10H,2-7H2,1H3. The third-order valence-corrected chi connectivity index (χ3v) is 4.62. The Bertz CT molecular complexity index is 211.